The Balaban J connectivity index is 1.54. The lowest BCUT2D eigenvalue weighted by atomic mass is 10.2. The first-order chi connectivity index (χ1) is 16.3. The maximum atomic E-state index is 12.2. The van der Waals surface area contributed by atoms with Crippen LogP contribution in [0.3, 0.4) is 0 Å². The van der Waals surface area contributed by atoms with Crippen LogP contribution in [-0.2, 0) is 14.4 Å². The van der Waals surface area contributed by atoms with Gasteiger partial charge in [0.2, 0.25) is 0 Å². The molecule has 174 valence electrons. The first kappa shape index (κ1) is 24.8. The molecule has 0 aliphatic carbocycles. The number of ether oxygens (including phenoxy) is 1. The van der Waals surface area contributed by atoms with Gasteiger partial charge in [-0.15, -0.1) is 0 Å². The van der Waals surface area contributed by atoms with Crippen molar-refractivity contribution in [3.8, 4) is 5.75 Å². The maximum Gasteiger partial charge on any atom is 0.329 e. The minimum Gasteiger partial charge on any atom is -0.483 e. The lowest BCUT2D eigenvalue weighted by molar-refractivity contribution is -0.136. The molecule has 8 nitrogen and oxygen atoms in total. The van der Waals surface area contributed by atoms with Crippen molar-refractivity contribution in [3.63, 3.8) is 0 Å². The van der Waals surface area contributed by atoms with Crippen LogP contribution in [0.4, 0.5) is 11.4 Å². The molecule has 0 fully saturated rings. The fourth-order valence-corrected chi connectivity index (χ4v) is 3.03. The Bertz CT molecular complexity index is 1230. The number of para-hydroxylation sites is 1. The summed E-state index contributed by atoms with van der Waals surface area (Å²) in [6.07, 6.45) is 1.30. The molecule has 0 spiro atoms. The predicted octanol–water partition coefficient (Wildman–Crippen LogP) is 4.41. The number of nitrogens with one attached hydrogen (secondary N) is 3. The minimum absolute atomic E-state index is 0.117. The second-order valence-corrected chi connectivity index (χ2v) is 7.78. The maximum absolute atomic E-state index is 12.2. The van der Waals surface area contributed by atoms with Gasteiger partial charge < -0.3 is 15.4 Å². The largest absolute Gasteiger partial charge is 0.483 e. The van der Waals surface area contributed by atoms with E-state index in [0.717, 1.165) is 5.56 Å². The number of nitrogens with zero attached hydrogens (tertiary/aromatic N) is 1. The van der Waals surface area contributed by atoms with Crippen molar-refractivity contribution in [3.05, 3.63) is 87.9 Å². The van der Waals surface area contributed by atoms with E-state index in [4.69, 9.17) is 27.9 Å². The normalized spacial score (nSPS) is 10.6. The number of aryl methyl sites for hydroxylation is 1. The highest BCUT2D eigenvalue weighted by molar-refractivity contribution is 6.45. The summed E-state index contributed by atoms with van der Waals surface area (Å²) in [6.45, 7) is 1.73. The molecule has 0 bridgehead atoms. The summed E-state index contributed by atoms with van der Waals surface area (Å²) < 4.78 is 5.58. The van der Waals surface area contributed by atoms with Crippen LogP contribution in [0, 0.1) is 6.92 Å². The summed E-state index contributed by atoms with van der Waals surface area (Å²) in [4.78, 5) is 36.3. The number of carbonyl (C=O) groups is 3. The molecule has 0 radical (unpaired) electrons. The fourth-order valence-electron chi connectivity index (χ4n) is 2.69. The molecule has 3 rings (SSSR count). The van der Waals surface area contributed by atoms with Crippen molar-refractivity contribution in [1.82, 2.24) is 5.43 Å². The molecule has 3 aromatic carbocycles. The van der Waals surface area contributed by atoms with Crippen molar-refractivity contribution in [2.24, 2.45) is 5.10 Å². The Kier molecular flexibility index (Phi) is 8.61. The molecule has 0 aromatic heterocycles. The van der Waals surface area contributed by atoms with Gasteiger partial charge in [-0.3, -0.25) is 14.4 Å². The summed E-state index contributed by atoms with van der Waals surface area (Å²) in [6, 6.07) is 18.8. The number of anilines is 2. The molecule has 0 atom stereocenters. The second kappa shape index (κ2) is 11.8. The summed E-state index contributed by atoms with van der Waals surface area (Å²) in [5, 5.41) is 9.23. The first-order valence-corrected chi connectivity index (χ1v) is 10.8. The van der Waals surface area contributed by atoms with E-state index in [2.05, 4.69) is 21.2 Å². The van der Waals surface area contributed by atoms with E-state index in [1.807, 2.05) is 19.1 Å². The highest BCUT2D eigenvalue weighted by Gasteiger charge is 2.15. The third-order valence-electron chi connectivity index (χ3n) is 4.39. The summed E-state index contributed by atoms with van der Waals surface area (Å²) >= 11 is 11.9. The quantitative estimate of drug-likeness (QED) is 0.254. The van der Waals surface area contributed by atoms with Crippen LogP contribution in [0.5, 0.6) is 5.75 Å². The van der Waals surface area contributed by atoms with E-state index in [1.165, 1.54) is 12.3 Å². The Morgan fingerprint density at radius 3 is 2.41 bits per heavy atom. The van der Waals surface area contributed by atoms with Crippen molar-refractivity contribution in [1.29, 1.82) is 0 Å². The lowest BCUT2D eigenvalue weighted by Gasteiger charge is -2.10. The van der Waals surface area contributed by atoms with Crippen molar-refractivity contribution in [2.75, 3.05) is 17.2 Å². The van der Waals surface area contributed by atoms with Gasteiger partial charge in [0.15, 0.2) is 6.61 Å². The Labute approximate surface area is 205 Å². The van der Waals surface area contributed by atoms with Gasteiger partial charge >= 0.3 is 11.8 Å². The van der Waals surface area contributed by atoms with Crippen LogP contribution in [0.25, 0.3) is 0 Å². The number of hydrogen-bond acceptors (Lipinski definition) is 5. The summed E-state index contributed by atoms with van der Waals surface area (Å²) in [5.41, 5.74) is 4.55. The Morgan fingerprint density at radius 1 is 0.912 bits per heavy atom. The standard InChI is InChI=1S/C24H20Cl2N4O4/c1-15-9-11-17(12-10-15)28-21(31)14-34-20-8-3-2-5-16(20)13-27-30-24(33)23(32)29-19-7-4-6-18(25)22(19)26/h2-13H,14H2,1H3,(H,28,31)(H,29,32)(H,30,33)/b27-13-. The van der Waals surface area contributed by atoms with Crippen LogP contribution in [-0.4, -0.2) is 30.5 Å². The molecule has 3 aromatic rings. The Hall–Kier alpha value is -3.88. The van der Waals surface area contributed by atoms with Crippen molar-refractivity contribution in [2.45, 2.75) is 6.92 Å². The molecule has 0 aliphatic rings. The van der Waals surface area contributed by atoms with Gasteiger partial charge in [0.25, 0.3) is 5.91 Å². The number of benzene rings is 3. The minimum atomic E-state index is -1.01. The molecule has 10 heteroatoms. The monoisotopic (exact) mass is 498 g/mol. The fraction of sp³-hybridized carbons (Fsp3) is 0.0833. The van der Waals surface area contributed by atoms with Crippen LogP contribution in [0.2, 0.25) is 10.0 Å². The van der Waals surface area contributed by atoms with Crippen molar-refractivity contribution < 1.29 is 19.1 Å². The molecule has 0 saturated heterocycles. The van der Waals surface area contributed by atoms with Crippen LogP contribution in [0.1, 0.15) is 11.1 Å². The Morgan fingerprint density at radius 2 is 1.65 bits per heavy atom. The van der Waals surface area contributed by atoms with Gasteiger partial charge in [0.05, 0.1) is 21.9 Å². The number of hydrogen-bond donors (Lipinski definition) is 3. The highest BCUT2D eigenvalue weighted by atomic mass is 35.5. The van der Waals surface area contributed by atoms with Crippen molar-refractivity contribution >= 4 is 58.5 Å². The molecule has 3 N–H and O–H groups in total. The summed E-state index contributed by atoms with van der Waals surface area (Å²) in [7, 11) is 0. The van der Waals surface area contributed by atoms with E-state index in [9.17, 15) is 14.4 Å². The highest BCUT2D eigenvalue weighted by Crippen LogP contribution is 2.29. The van der Waals surface area contributed by atoms with Gasteiger partial charge in [-0.2, -0.15) is 5.10 Å². The molecule has 3 amide bonds. The van der Waals surface area contributed by atoms with E-state index in [0.29, 0.717) is 17.0 Å². The smallest absolute Gasteiger partial charge is 0.329 e. The predicted molar refractivity (Wildman–Crippen MR) is 133 cm³/mol. The number of rotatable bonds is 7. The van der Waals surface area contributed by atoms with Gasteiger partial charge in [0, 0.05) is 11.3 Å². The third-order valence-corrected chi connectivity index (χ3v) is 5.21. The molecule has 0 aliphatic heterocycles. The van der Waals surface area contributed by atoms with E-state index >= 15 is 0 Å². The number of hydrazone groups is 1. The van der Waals surface area contributed by atoms with Crippen LogP contribution in [0.15, 0.2) is 71.8 Å². The summed E-state index contributed by atoms with van der Waals surface area (Å²) in [5.74, 6) is -1.95. The SMILES string of the molecule is Cc1ccc(NC(=O)COc2ccccc2/C=N\NC(=O)C(=O)Nc2cccc(Cl)c2Cl)cc1. The number of amides is 3. The van der Waals surface area contributed by atoms with Gasteiger partial charge in [-0.1, -0.05) is 59.1 Å². The second-order valence-electron chi connectivity index (χ2n) is 7.00. The average Bonchev–Trinajstić information content (AvgIpc) is 2.82. The zero-order valence-corrected chi connectivity index (χ0v) is 19.5. The zero-order valence-electron chi connectivity index (χ0n) is 18.0. The van der Waals surface area contributed by atoms with Crippen LogP contribution >= 0.6 is 23.2 Å². The first-order valence-electron chi connectivity index (χ1n) is 10.00. The molecule has 0 saturated carbocycles. The average molecular weight is 499 g/mol. The molecule has 0 unspecified atom stereocenters. The van der Waals surface area contributed by atoms with Gasteiger partial charge in [-0.05, 0) is 43.3 Å². The van der Waals surface area contributed by atoms with E-state index in [1.54, 1.807) is 48.5 Å². The van der Waals surface area contributed by atoms with Crippen LogP contribution < -0.4 is 20.8 Å². The molecular formula is C24H20Cl2N4O4. The molecule has 0 heterocycles. The lowest BCUT2D eigenvalue weighted by Crippen LogP contribution is -2.32. The molecule has 34 heavy (non-hydrogen) atoms. The number of halogens is 2. The van der Waals surface area contributed by atoms with E-state index in [-0.39, 0.29) is 28.2 Å². The zero-order chi connectivity index (χ0) is 24.5. The molecular weight excluding hydrogens is 479 g/mol. The number of carbonyl (C=O) groups excluding carboxylic acids is 3. The third kappa shape index (κ3) is 7.06. The van der Waals surface area contributed by atoms with E-state index < -0.39 is 11.8 Å². The topological polar surface area (TPSA) is 109 Å². The van der Waals surface area contributed by atoms with Gasteiger partial charge in [-0.25, -0.2) is 5.43 Å². The van der Waals surface area contributed by atoms with Gasteiger partial charge in [0.1, 0.15) is 5.75 Å².